The number of rotatable bonds is 6. The number of hydrogen-bond donors (Lipinski definition) is 2. The molecule has 0 bridgehead atoms. The maximum absolute atomic E-state index is 11.7. The van der Waals surface area contributed by atoms with Gasteiger partial charge in [-0.15, -0.1) is 11.3 Å². The number of carbonyl (C=O) groups is 1. The van der Waals surface area contributed by atoms with Crippen molar-refractivity contribution >= 4 is 17.4 Å². The Hall–Kier alpha value is -1.89. The second-order valence-electron chi connectivity index (χ2n) is 4.15. The molecule has 0 saturated heterocycles. The highest BCUT2D eigenvalue weighted by Crippen LogP contribution is 2.17. The lowest BCUT2D eigenvalue weighted by Gasteiger charge is -2.13. The van der Waals surface area contributed by atoms with Gasteiger partial charge in [-0.05, 0) is 24.8 Å². The summed E-state index contributed by atoms with van der Waals surface area (Å²) in [5, 5.41) is 11.7. The van der Waals surface area contributed by atoms with Gasteiger partial charge in [-0.2, -0.15) is 5.10 Å². The van der Waals surface area contributed by atoms with Crippen LogP contribution in [0.5, 0.6) is 0 Å². The number of nitrogens with one attached hydrogen (secondary N) is 2. The lowest BCUT2D eigenvalue weighted by atomic mass is 10.3. The number of urea groups is 1. The quantitative estimate of drug-likeness (QED) is 0.792. The number of aromatic nitrogens is 3. The second-order valence-corrected chi connectivity index (χ2v) is 5.13. The van der Waals surface area contributed by atoms with E-state index in [1.54, 1.807) is 22.3 Å². The van der Waals surface area contributed by atoms with Crippen molar-refractivity contribution in [1.82, 2.24) is 25.4 Å². The van der Waals surface area contributed by atoms with E-state index < -0.39 is 0 Å². The summed E-state index contributed by atoms with van der Waals surface area (Å²) in [6.45, 7) is 3.34. The van der Waals surface area contributed by atoms with E-state index in [0.717, 1.165) is 17.8 Å². The Labute approximate surface area is 115 Å². The molecular weight excluding hydrogens is 262 g/mol. The highest BCUT2D eigenvalue weighted by Gasteiger charge is 2.09. The second kappa shape index (κ2) is 6.89. The summed E-state index contributed by atoms with van der Waals surface area (Å²) in [6.07, 6.45) is 3.99. The molecule has 2 rings (SSSR count). The molecule has 2 aromatic heterocycles. The minimum Gasteiger partial charge on any atom is -0.338 e. The minimum atomic E-state index is -0.139. The molecule has 0 aliphatic heterocycles. The molecule has 2 amide bonds. The Morgan fingerprint density at radius 3 is 3.16 bits per heavy atom. The standard InChI is InChI=1S/C12H17N5OS/c1-10(11-4-2-7-19-11)16-12(18)14-5-3-6-17-9-13-8-15-17/h2,4,7-10H,3,5-6H2,1H3,(H2,14,16,18)/t10-/m0/s1. The lowest BCUT2D eigenvalue weighted by molar-refractivity contribution is 0.237. The van der Waals surface area contributed by atoms with Crippen molar-refractivity contribution in [3.63, 3.8) is 0 Å². The molecule has 0 saturated carbocycles. The summed E-state index contributed by atoms with van der Waals surface area (Å²) in [5.74, 6) is 0. The molecule has 6 nitrogen and oxygen atoms in total. The summed E-state index contributed by atoms with van der Waals surface area (Å²) in [4.78, 5) is 16.7. The molecule has 1 atom stereocenters. The molecule has 0 aliphatic carbocycles. The van der Waals surface area contributed by atoms with E-state index in [2.05, 4.69) is 20.7 Å². The van der Waals surface area contributed by atoms with E-state index in [-0.39, 0.29) is 12.1 Å². The zero-order chi connectivity index (χ0) is 13.5. The average Bonchev–Trinajstić information content (AvgIpc) is 3.07. The highest BCUT2D eigenvalue weighted by molar-refractivity contribution is 7.10. The van der Waals surface area contributed by atoms with E-state index in [4.69, 9.17) is 0 Å². The molecule has 2 N–H and O–H groups in total. The van der Waals surface area contributed by atoms with Crippen LogP contribution < -0.4 is 10.6 Å². The van der Waals surface area contributed by atoms with E-state index in [1.165, 1.54) is 6.33 Å². The van der Waals surface area contributed by atoms with Gasteiger partial charge >= 0.3 is 6.03 Å². The van der Waals surface area contributed by atoms with Gasteiger partial charge in [0.05, 0.1) is 6.04 Å². The summed E-state index contributed by atoms with van der Waals surface area (Å²) in [5.41, 5.74) is 0. The van der Waals surface area contributed by atoms with Crippen molar-refractivity contribution in [1.29, 1.82) is 0 Å². The van der Waals surface area contributed by atoms with Crippen molar-refractivity contribution < 1.29 is 4.79 Å². The third-order valence-corrected chi connectivity index (χ3v) is 3.69. The van der Waals surface area contributed by atoms with Gasteiger partial charge in [-0.25, -0.2) is 9.78 Å². The Morgan fingerprint density at radius 1 is 1.58 bits per heavy atom. The molecule has 0 aliphatic rings. The first-order valence-electron chi connectivity index (χ1n) is 6.16. The van der Waals surface area contributed by atoms with Gasteiger partial charge in [0.25, 0.3) is 0 Å². The van der Waals surface area contributed by atoms with Crippen LogP contribution in [0.15, 0.2) is 30.2 Å². The number of hydrogen-bond acceptors (Lipinski definition) is 4. The van der Waals surface area contributed by atoms with Crippen molar-refractivity contribution in [3.05, 3.63) is 35.0 Å². The van der Waals surface area contributed by atoms with Crippen LogP contribution in [0.3, 0.4) is 0 Å². The number of nitrogens with zero attached hydrogens (tertiary/aromatic N) is 3. The SMILES string of the molecule is C[C@H](NC(=O)NCCCn1cncn1)c1cccs1. The molecule has 0 radical (unpaired) electrons. The van der Waals surface area contributed by atoms with Crippen molar-refractivity contribution in [3.8, 4) is 0 Å². The van der Waals surface area contributed by atoms with Crippen LogP contribution in [0, 0.1) is 0 Å². The summed E-state index contributed by atoms with van der Waals surface area (Å²) >= 11 is 1.64. The molecule has 0 aromatic carbocycles. The smallest absolute Gasteiger partial charge is 0.315 e. The zero-order valence-electron chi connectivity index (χ0n) is 10.7. The van der Waals surface area contributed by atoms with Gasteiger partial charge in [0.1, 0.15) is 12.7 Å². The maximum atomic E-state index is 11.7. The van der Waals surface area contributed by atoms with Crippen LogP contribution in [-0.4, -0.2) is 27.3 Å². The molecular formula is C12H17N5OS. The first kappa shape index (κ1) is 13.5. The zero-order valence-corrected chi connectivity index (χ0v) is 11.6. The molecule has 19 heavy (non-hydrogen) atoms. The Morgan fingerprint density at radius 2 is 2.47 bits per heavy atom. The van der Waals surface area contributed by atoms with Crippen LogP contribution in [0.25, 0.3) is 0 Å². The Balaban J connectivity index is 1.62. The Bertz CT molecular complexity index is 482. The molecule has 0 spiro atoms. The molecule has 0 fully saturated rings. The summed E-state index contributed by atoms with van der Waals surface area (Å²) in [6, 6.07) is 3.89. The third-order valence-electron chi connectivity index (χ3n) is 2.63. The van der Waals surface area contributed by atoms with Gasteiger partial charge in [-0.3, -0.25) is 4.68 Å². The summed E-state index contributed by atoms with van der Waals surface area (Å²) in [7, 11) is 0. The molecule has 2 heterocycles. The number of carbonyl (C=O) groups excluding carboxylic acids is 1. The first-order valence-corrected chi connectivity index (χ1v) is 7.04. The molecule has 102 valence electrons. The lowest BCUT2D eigenvalue weighted by Crippen LogP contribution is -2.37. The van der Waals surface area contributed by atoms with Gasteiger partial charge in [0.2, 0.25) is 0 Å². The minimum absolute atomic E-state index is 0.0373. The number of thiophene rings is 1. The maximum Gasteiger partial charge on any atom is 0.315 e. The van der Waals surface area contributed by atoms with Crippen LogP contribution in [-0.2, 0) is 6.54 Å². The molecule has 7 heteroatoms. The van der Waals surface area contributed by atoms with Crippen LogP contribution >= 0.6 is 11.3 Å². The van der Waals surface area contributed by atoms with Gasteiger partial charge in [0.15, 0.2) is 0 Å². The fourth-order valence-corrected chi connectivity index (χ4v) is 2.38. The van der Waals surface area contributed by atoms with E-state index in [9.17, 15) is 4.79 Å². The van der Waals surface area contributed by atoms with E-state index in [0.29, 0.717) is 6.54 Å². The predicted molar refractivity (Wildman–Crippen MR) is 73.9 cm³/mol. The molecule has 0 unspecified atom stereocenters. The first-order chi connectivity index (χ1) is 9.25. The van der Waals surface area contributed by atoms with E-state index in [1.807, 2.05) is 24.4 Å². The van der Waals surface area contributed by atoms with Crippen LogP contribution in [0.2, 0.25) is 0 Å². The molecule has 2 aromatic rings. The predicted octanol–water partition coefficient (Wildman–Crippen LogP) is 1.79. The Kier molecular flexibility index (Phi) is 4.91. The fourth-order valence-electron chi connectivity index (χ4n) is 1.65. The number of aryl methyl sites for hydroxylation is 1. The van der Waals surface area contributed by atoms with Crippen molar-refractivity contribution in [2.75, 3.05) is 6.54 Å². The van der Waals surface area contributed by atoms with Gasteiger partial charge < -0.3 is 10.6 Å². The largest absolute Gasteiger partial charge is 0.338 e. The van der Waals surface area contributed by atoms with Crippen LogP contribution in [0.1, 0.15) is 24.3 Å². The third kappa shape index (κ3) is 4.36. The van der Waals surface area contributed by atoms with Gasteiger partial charge in [-0.1, -0.05) is 6.07 Å². The monoisotopic (exact) mass is 279 g/mol. The normalized spacial score (nSPS) is 12.1. The fraction of sp³-hybridized carbons (Fsp3) is 0.417. The van der Waals surface area contributed by atoms with Gasteiger partial charge in [0, 0.05) is 18.0 Å². The average molecular weight is 279 g/mol. The number of amides is 2. The van der Waals surface area contributed by atoms with Crippen molar-refractivity contribution in [2.24, 2.45) is 0 Å². The van der Waals surface area contributed by atoms with Crippen LogP contribution in [0.4, 0.5) is 4.79 Å². The highest BCUT2D eigenvalue weighted by atomic mass is 32.1. The topological polar surface area (TPSA) is 71.8 Å². The van der Waals surface area contributed by atoms with Crippen molar-refractivity contribution in [2.45, 2.75) is 25.9 Å². The summed E-state index contributed by atoms with van der Waals surface area (Å²) < 4.78 is 1.74. The van der Waals surface area contributed by atoms with E-state index >= 15 is 0 Å².